The van der Waals surface area contributed by atoms with E-state index in [1.54, 1.807) is 26.9 Å². The summed E-state index contributed by atoms with van der Waals surface area (Å²) in [6, 6.07) is 6.44. The Balaban J connectivity index is 1.76. The molecule has 0 saturated carbocycles. The van der Waals surface area contributed by atoms with Crippen LogP contribution in [0.4, 0.5) is 5.69 Å². The van der Waals surface area contributed by atoms with Gasteiger partial charge in [-0.1, -0.05) is 38.8 Å². The number of carbonyl (C=O) groups is 3. The van der Waals surface area contributed by atoms with Crippen molar-refractivity contribution in [3.63, 3.8) is 0 Å². The number of fused-ring (bicyclic) bond motifs is 1. The maximum atomic E-state index is 14.6. The van der Waals surface area contributed by atoms with Crippen LogP contribution >= 0.6 is 0 Å². The molecule has 1 N–H and O–H groups in total. The Labute approximate surface area is 256 Å². The van der Waals surface area contributed by atoms with Gasteiger partial charge < -0.3 is 29.3 Å². The highest BCUT2D eigenvalue weighted by Crippen LogP contribution is 2.65. The number of rotatable bonds is 16. The lowest BCUT2D eigenvalue weighted by Crippen LogP contribution is -2.57. The van der Waals surface area contributed by atoms with Gasteiger partial charge in [-0.25, -0.2) is 0 Å². The van der Waals surface area contributed by atoms with E-state index in [2.05, 4.69) is 20.1 Å². The van der Waals surface area contributed by atoms with E-state index >= 15 is 0 Å². The average Bonchev–Trinajstić information content (AvgIpc) is 3.50. The van der Waals surface area contributed by atoms with Crippen molar-refractivity contribution in [2.24, 2.45) is 17.8 Å². The Morgan fingerprint density at radius 3 is 2.42 bits per heavy atom. The summed E-state index contributed by atoms with van der Waals surface area (Å²) in [5.74, 6) is -1.63. The molecule has 0 aromatic heterocycles. The first kappa shape index (κ1) is 32.7. The van der Waals surface area contributed by atoms with Crippen molar-refractivity contribution in [3.05, 3.63) is 49.6 Å². The minimum absolute atomic E-state index is 0.0718. The van der Waals surface area contributed by atoms with Crippen molar-refractivity contribution in [2.45, 2.75) is 77.0 Å². The molecule has 0 aliphatic carbocycles. The van der Waals surface area contributed by atoms with E-state index in [-0.39, 0.29) is 43.3 Å². The number of benzene rings is 1. The number of anilines is 1. The summed E-state index contributed by atoms with van der Waals surface area (Å²) >= 11 is 0. The third kappa shape index (κ3) is 5.74. The highest BCUT2D eigenvalue weighted by Gasteiger charge is 2.80. The van der Waals surface area contributed by atoms with Crippen LogP contribution in [0.25, 0.3) is 0 Å². The molecular weight excluding hydrogens is 546 g/mol. The molecule has 3 heterocycles. The van der Waals surface area contributed by atoms with E-state index in [0.29, 0.717) is 44.0 Å². The summed E-state index contributed by atoms with van der Waals surface area (Å²) in [5.41, 5.74) is -1.40. The zero-order valence-corrected chi connectivity index (χ0v) is 26.3. The standard InChI is InChI=1S/C34H49N3O6/c1-7-11-12-20-35(18-8-2)32(41)29-34-23-24(5)33(6,43-34)27(28(34)31(40)37(29)21-13-22-38)30(39)36(19-9-3)25-14-16-26(17-15-25)42-10-4/h8-9,14-17,24,27-29,38H,2-3,7,10-13,18-23H2,1,4-6H3/t24?,27-,28-,29?,33+,34?/m0/s1. The molecule has 1 spiro atoms. The number of nitrogens with zero attached hydrogens (tertiary/aromatic N) is 3. The van der Waals surface area contributed by atoms with Gasteiger partial charge in [-0.05, 0) is 63.3 Å². The molecule has 3 aliphatic heterocycles. The average molecular weight is 596 g/mol. The number of ether oxygens (including phenoxy) is 2. The Morgan fingerprint density at radius 2 is 1.81 bits per heavy atom. The minimum Gasteiger partial charge on any atom is -0.494 e. The molecule has 9 heteroatoms. The molecule has 3 unspecified atom stereocenters. The van der Waals surface area contributed by atoms with Crippen LogP contribution in [0.1, 0.15) is 59.8 Å². The lowest BCUT2D eigenvalue weighted by atomic mass is 9.62. The predicted molar refractivity (Wildman–Crippen MR) is 167 cm³/mol. The van der Waals surface area contributed by atoms with Gasteiger partial charge >= 0.3 is 0 Å². The monoisotopic (exact) mass is 595 g/mol. The quantitative estimate of drug-likeness (QED) is 0.227. The highest BCUT2D eigenvalue weighted by molar-refractivity contribution is 6.03. The van der Waals surface area contributed by atoms with E-state index in [4.69, 9.17) is 9.47 Å². The molecule has 1 aromatic rings. The van der Waals surface area contributed by atoms with Crippen LogP contribution in [0.15, 0.2) is 49.6 Å². The molecule has 43 heavy (non-hydrogen) atoms. The maximum absolute atomic E-state index is 14.6. The van der Waals surface area contributed by atoms with Crippen LogP contribution in [0, 0.1) is 17.8 Å². The number of hydrogen-bond donors (Lipinski definition) is 1. The Kier molecular flexibility index (Phi) is 10.4. The van der Waals surface area contributed by atoms with Gasteiger partial charge in [0.1, 0.15) is 17.4 Å². The third-order valence-corrected chi connectivity index (χ3v) is 9.60. The Hall–Kier alpha value is -3.17. The second-order valence-electron chi connectivity index (χ2n) is 12.3. The van der Waals surface area contributed by atoms with Crippen LogP contribution < -0.4 is 9.64 Å². The van der Waals surface area contributed by atoms with Gasteiger partial charge in [0.25, 0.3) is 0 Å². The zero-order valence-electron chi connectivity index (χ0n) is 26.3. The largest absolute Gasteiger partial charge is 0.494 e. The number of likely N-dealkylation sites (tertiary alicyclic amines) is 1. The highest BCUT2D eigenvalue weighted by atomic mass is 16.5. The predicted octanol–water partition coefficient (Wildman–Crippen LogP) is 4.20. The molecule has 236 valence electrons. The lowest BCUT2D eigenvalue weighted by Gasteiger charge is -2.39. The number of carbonyl (C=O) groups excluding carboxylic acids is 3. The first-order chi connectivity index (χ1) is 20.6. The van der Waals surface area contributed by atoms with Crippen LogP contribution in [0.2, 0.25) is 0 Å². The lowest BCUT2D eigenvalue weighted by molar-refractivity contribution is -0.152. The summed E-state index contributed by atoms with van der Waals surface area (Å²) in [6.07, 6.45) is 7.06. The summed E-state index contributed by atoms with van der Waals surface area (Å²) < 4.78 is 12.5. The van der Waals surface area contributed by atoms with Crippen molar-refractivity contribution < 1.29 is 29.0 Å². The zero-order chi connectivity index (χ0) is 31.4. The summed E-state index contributed by atoms with van der Waals surface area (Å²) in [5, 5.41) is 9.68. The number of unbranched alkanes of at least 4 members (excludes halogenated alkanes) is 2. The second kappa shape index (κ2) is 13.6. The van der Waals surface area contributed by atoms with Crippen LogP contribution in [0.3, 0.4) is 0 Å². The van der Waals surface area contributed by atoms with E-state index in [1.165, 1.54) is 0 Å². The Bertz CT molecular complexity index is 1190. The normalized spacial score (nSPS) is 29.0. The molecule has 4 rings (SSSR count). The molecule has 6 atom stereocenters. The molecule has 3 amide bonds. The van der Waals surface area contributed by atoms with E-state index in [9.17, 15) is 19.5 Å². The minimum atomic E-state index is -1.14. The summed E-state index contributed by atoms with van der Waals surface area (Å²) in [6.45, 7) is 17.6. The molecule has 2 bridgehead atoms. The fourth-order valence-corrected chi connectivity index (χ4v) is 7.56. The molecule has 0 radical (unpaired) electrons. The van der Waals surface area contributed by atoms with Gasteiger partial charge in [-0.3, -0.25) is 14.4 Å². The summed E-state index contributed by atoms with van der Waals surface area (Å²) in [4.78, 5) is 48.5. The van der Waals surface area contributed by atoms with Crippen LogP contribution in [-0.2, 0) is 19.1 Å². The van der Waals surface area contributed by atoms with Gasteiger partial charge in [-0.15, -0.1) is 13.2 Å². The Morgan fingerprint density at radius 1 is 1.12 bits per heavy atom. The number of amides is 3. The molecular formula is C34H49N3O6. The van der Waals surface area contributed by atoms with Crippen molar-refractivity contribution in [2.75, 3.05) is 44.3 Å². The van der Waals surface area contributed by atoms with E-state index < -0.39 is 29.1 Å². The van der Waals surface area contributed by atoms with Crippen LogP contribution in [-0.4, -0.2) is 89.3 Å². The third-order valence-electron chi connectivity index (χ3n) is 9.60. The van der Waals surface area contributed by atoms with E-state index in [0.717, 1.165) is 19.3 Å². The maximum Gasteiger partial charge on any atom is 0.248 e. The smallest absolute Gasteiger partial charge is 0.248 e. The number of aliphatic hydroxyl groups excluding tert-OH is 1. The van der Waals surface area contributed by atoms with Crippen molar-refractivity contribution in [1.29, 1.82) is 0 Å². The molecule has 3 aliphatic rings. The molecule has 9 nitrogen and oxygen atoms in total. The van der Waals surface area contributed by atoms with Crippen LogP contribution in [0.5, 0.6) is 5.75 Å². The van der Waals surface area contributed by atoms with Gasteiger partial charge in [0.2, 0.25) is 17.7 Å². The van der Waals surface area contributed by atoms with Crippen molar-refractivity contribution in [3.8, 4) is 5.75 Å². The topological polar surface area (TPSA) is 99.6 Å². The number of aliphatic hydroxyl groups is 1. The van der Waals surface area contributed by atoms with Gasteiger partial charge in [0, 0.05) is 38.5 Å². The SMILES string of the molecule is C=CCN(CCCCC)C(=O)C1N(CCCO)C(=O)[C@@H]2[C@@H](C(=O)N(CC=C)c3ccc(OCC)cc3)[C@]3(C)OC12CC3C. The fraction of sp³-hybridized carbons (Fsp3) is 0.618. The first-order valence-corrected chi connectivity index (χ1v) is 15.8. The second-order valence-corrected chi connectivity index (χ2v) is 12.3. The molecule has 3 saturated heterocycles. The van der Waals surface area contributed by atoms with Gasteiger partial charge in [0.15, 0.2) is 0 Å². The summed E-state index contributed by atoms with van der Waals surface area (Å²) in [7, 11) is 0. The molecule has 3 fully saturated rings. The van der Waals surface area contributed by atoms with E-state index in [1.807, 2.05) is 45.0 Å². The fourth-order valence-electron chi connectivity index (χ4n) is 7.56. The van der Waals surface area contributed by atoms with Crippen molar-refractivity contribution >= 4 is 23.4 Å². The first-order valence-electron chi connectivity index (χ1n) is 15.8. The van der Waals surface area contributed by atoms with Crippen molar-refractivity contribution in [1.82, 2.24) is 9.80 Å². The molecule has 1 aromatic carbocycles. The van der Waals surface area contributed by atoms with Gasteiger partial charge in [-0.2, -0.15) is 0 Å². The number of hydrogen-bond acceptors (Lipinski definition) is 6. The van der Waals surface area contributed by atoms with Gasteiger partial charge in [0.05, 0.1) is 24.0 Å².